The number of aromatic amines is 1. The Bertz CT molecular complexity index is 998. The predicted molar refractivity (Wildman–Crippen MR) is 121 cm³/mol. The van der Waals surface area contributed by atoms with Gasteiger partial charge in [0.05, 0.1) is 17.4 Å². The number of hydrogen-bond donors (Lipinski definition) is 2. The van der Waals surface area contributed by atoms with Crippen LogP contribution in [0.2, 0.25) is 0 Å². The highest BCUT2D eigenvalue weighted by Gasteiger charge is 2.25. The van der Waals surface area contributed by atoms with Gasteiger partial charge in [0, 0.05) is 30.5 Å². The van der Waals surface area contributed by atoms with Gasteiger partial charge in [-0.1, -0.05) is 12.5 Å². The molecule has 0 spiro atoms. The summed E-state index contributed by atoms with van der Waals surface area (Å²) in [5, 5.41) is 3.00. The number of fused-ring (bicyclic) bond motifs is 1. The zero-order valence-corrected chi connectivity index (χ0v) is 17.3. The van der Waals surface area contributed by atoms with Crippen LogP contribution in [-0.2, 0) is 0 Å². The summed E-state index contributed by atoms with van der Waals surface area (Å²) in [6, 6.07) is 14.6. The van der Waals surface area contributed by atoms with Crippen LogP contribution in [0.5, 0.6) is 0 Å². The molecule has 0 unspecified atom stereocenters. The molecule has 0 bridgehead atoms. The Balaban J connectivity index is 1.20. The minimum atomic E-state index is -0.136. The van der Waals surface area contributed by atoms with E-state index < -0.39 is 0 Å². The highest BCUT2D eigenvalue weighted by molar-refractivity contribution is 6.11. The topological polar surface area (TPSA) is 64.3 Å². The van der Waals surface area contributed by atoms with Crippen molar-refractivity contribution in [1.29, 1.82) is 0 Å². The maximum atomic E-state index is 12.7. The van der Waals surface area contributed by atoms with Crippen LogP contribution in [0.1, 0.15) is 42.5 Å². The fourth-order valence-electron chi connectivity index (χ4n) is 4.88. The number of benzene rings is 2. The molecule has 156 valence electrons. The second-order valence-electron chi connectivity index (χ2n) is 8.42. The van der Waals surface area contributed by atoms with Crippen LogP contribution in [-0.4, -0.2) is 53.0 Å². The molecule has 0 aliphatic carbocycles. The third kappa shape index (κ3) is 3.92. The number of para-hydroxylation sites is 1. The van der Waals surface area contributed by atoms with Crippen LogP contribution in [0.25, 0.3) is 11.0 Å². The van der Waals surface area contributed by atoms with Crippen molar-refractivity contribution < 1.29 is 4.79 Å². The minimum absolute atomic E-state index is 0.136. The maximum Gasteiger partial charge on any atom is 0.257 e. The highest BCUT2D eigenvalue weighted by Crippen LogP contribution is 2.26. The van der Waals surface area contributed by atoms with Gasteiger partial charge in [-0.3, -0.25) is 4.79 Å². The molecular formula is C24H29N5O. The van der Waals surface area contributed by atoms with E-state index in [2.05, 4.69) is 37.2 Å². The maximum absolute atomic E-state index is 12.7. The average molecular weight is 404 g/mol. The van der Waals surface area contributed by atoms with Gasteiger partial charge >= 0.3 is 0 Å². The number of carbonyl (C=O) groups is 1. The molecule has 2 aliphatic heterocycles. The number of hydrogen-bond acceptors (Lipinski definition) is 4. The van der Waals surface area contributed by atoms with E-state index in [1.54, 1.807) is 12.4 Å². The van der Waals surface area contributed by atoms with Gasteiger partial charge in [0.2, 0.25) is 0 Å². The Kier molecular flexibility index (Phi) is 5.41. The Labute approximate surface area is 177 Å². The molecule has 2 aliphatic rings. The van der Waals surface area contributed by atoms with Gasteiger partial charge in [-0.15, -0.1) is 0 Å². The molecular weight excluding hydrogens is 374 g/mol. The third-order valence-electron chi connectivity index (χ3n) is 6.56. The van der Waals surface area contributed by atoms with Crippen LogP contribution in [0, 0.1) is 0 Å². The fourth-order valence-corrected chi connectivity index (χ4v) is 4.88. The molecule has 0 radical (unpaired) electrons. The second-order valence-corrected chi connectivity index (χ2v) is 8.42. The molecule has 6 heteroatoms. The van der Waals surface area contributed by atoms with Crippen molar-refractivity contribution in [3.05, 3.63) is 54.4 Å². The van der Waals surface area contributed by atoms with E-state index in [9.17, 15) is 4.79 Å². The molecule has 2 aromatic carbocycles. The summed E-state index contributed by atoms with van der Waals surface area (Å²) in [5.74, 6) is -0.136. The quantitative estimate of drug-likeness (QED) is 0.683. The van der Waals surface area contributed by atoms with Crippen molar-refractivity contribution in [2.45, 2.75) is 38.1 Å². The number of likely N-dealkylation sites (tertiary alicyclic amines) is 1. The van der Waals surface area contributed by atoms with E-state index in [4.69, 9.17) is 0 Å². The number of piperidine rings is 2. The van der Waals surface area contributed by atoms with Crippen LogP contribution >= 0.6 is 0 Å². The molecule has 1 amide bonds. The Morgan fingerprint density at radius 1 is 0.967 bits per heavy atom. The van der Waals surface area contributed by atoms with Crippen LogP contribution < -0.4 is 10.2 Å². The Morgan fingerprint density at radius 3 is 2.50 bits per heavy atom. The van der Waals surface area contributed by atoms with Crippen molar-refractivity contribution in [3.63, 3.8) is 0 Å². The molecule has 3 aromatic rings. The van der Waals surface area contributed by atoms with E-state index in [0.29, 0.717) is 11.1 Å². The van der Waals surface area contributed by atoms with Gasteiger partial charge in [0.15, 0.2) is 0 Å². The van der Waals surface area contributed by atoms with Crippen LogP contribution in [0.4, 0.5) is 11.4 Å². The first-order valence-corrected chi connectivity index (χ1v) is 11.1. The zero-order chi connectivity index (χ0) is 20.3. The lowest BCUT2D eigenvalue weighted by Crippen LogP contribution is -2.46. The Morgan fingerprint density at radius 2 is 1.73 bits per heavy atom. The summed E-state index contributed by atoms with van der Waals surface area (Å²) >= 11 is 0. The SMILES string of the molecule is O=C(Nc1ccc(N2CCC(N3CCCCC3)CC2)cc1)c1cccc2[nH]cnc12. The van der Waals surface area contributed by atoms with Gasteiger partial charge in [-0.2, -0.15) is 0 Å². The molecule has 2 fully saturated rings. The lowest BCUT2D eigenvalue weighted by Gasteiger charge is -2.41. The van der Waals surface area contributed by atoms with Crippen molar-refractivity contribution in [1.82, 2.24) is 14.9 Å². The number of amides is 1. The summed E-state index contributed by atoms with van der Waals surface area (Å²) in [4.78, 5) is 25.2. The lowest BCUT2D eigenvalue weighted by atomic mass is 9.99. The number of imidazole rings is 1. The number of nitrogens with one attached hydrogen (secondary N) is 2. The highest BCUT2D eigenvalue weighted by atomic mass is 16.1. The molecule has 30 heavy (non-hydrogen) atoms. The summed E-state index contributed by atoms with van der Waals surface area (Å²) < 4.78 is 0. The molecule has 2 saturated heterocycles. The molecule has 2 N–H and O–H groups in total. The monoisotopic (exact) mass is 403 g/mol. The normalized spacial score (nSPS) is 18.6. The number of H-pyrrole nitrogens is 1. The van der Waals surface area contributed by atoms with Gasteiger partial charge in [-0.05, 0) is 75.2 Å². The second kappa shape index (κ2) is 8.48. The third-order valence-corrected chi connectivity index (χ3v) is 6.56. The van der Waals surface area contributed by atoms with Gasteiger partial charge in [0.1, 0.15) is 5.52 Å². The first-order valence-electron chi connectivity index (χ1n) is 11.1. The Hall–Kier alpha value is -2.86. The standard InChI is InChI=1S/C24H29N5O/c30-24(21-5-4-6-22-23(21)26-17-25-22)27-18-7-9-19(10-8-18)29-15-11-20(12-16-29)28-13-2-1-3-14-28/h4-10,17,20H,1-3,11-16H2,(H,25,26)(H,27,30). The van der Waals surface area contributed by atoms with E-state index in [-0.39, 0.29) is 5.91 Å². The van der Waals surface area contributed by atoms with Gasteiger partial charge < -0.3 is 20.1 Å². The van der Waals surface area contributed by atoms with Crippen molar-refractivity contribution in [3.8, 4) is 0 Å². The first-order chi connectivity index (χ1) is 14.8. The number of rotatable bonds is 4. The predicted octanol–water partition coefficient (Wildman–Crippen LogP) is 4.27. The van der Waals surface area contributed by atoms with E-state index in [1.165, 1.54) is 50.9 Å². The van der Waals surface area contributed by atoms with E-state index >= 15 is 0 Å². The minimum Gasteiger partial charge on any atom is -0.371 e. The van der Waals surface area contributed by atoms with Crippen molar-refractivity contribution in [2.24, 2.45) is 0 Å². The van der Waals surface area contributed by atoms with Gasteiger partial charge in [-0.25, -0.2) is 4.98 Å². The summed E-state index contributed by atoms with van der Waals surface area (Å²) in [5.41, 5.74) is 4.19. The fraction of sp³-hybridized carbons (Fsp3) is 0.417. The molecule has 3 heterocycles. The molecule has 0 saturated carbocycles. The van der Waals surface area contributed by atoms with Crippen LogP contribution in [0.3, 0.4) is 0 Å². The number of carbonyl (C=O) groups excluding carboxylic acids is 1. The smallest absolute Gasteiger partial charge is 0.257 e. The van der Waals surface area contributed by atoms with Crippen molar-refractivity contribution >= 4 is 28.3 Å². The van der Waals surface area contributed by atoms with Crippen LogP contribution in [0.15, 0.2) is 48.8 Å². The molecule has 5 rings (SSSR count). The largest absolute Gasteiger partial charge is 0.371 e. The number of aromatic nitrogens is 2. The number of nitrogens with zero attached hydrogens (tertiary/aromatic N) is 3. The van der Waals surface area contributed by atoms with Gasteiger partial charge in [0.25, 0.3) is 5.91 Å². The molecule has 0 atom stereocenters. The summed E-state index contributed by atoms with van der Waals surface area (Å²) in [6.07, 6.45) is 8.22. The number of anilines is 2. The van der Waals surface area contributed by atoms with E-state index in [1.807, 2.05) is 24.3 Å². The zero-order valence-electron chi connectivity index (χ0n) is 17.3. The average Bonchev–Trinajstić information content (AvgIpc) is 3.29. The van der Waals surface area contributed by atoms with Crippen molar-refractivity contribution in [2.75, 3.05) is 36.4 Å². The van der Waals surface area contributed by atoms with E-state index in [0.717, 1.165) is 30.3 Å². The first kappa shape index (κ1) is 19.1. The molecule has 6 nitrogen and oxygen atoms in total. The summed E-state index contributed by atoms with van der Waals surface area (Å²) in [6.45, 7) is 4.78. The lowest BCUT2D eigenvalue weighted by molar-refractivity contribution is 0.102. The summed E-state index contributed by atoms with van der Waals surface area (Å²) in [7, 11) is 0. The molecule has 1 aromatic heterocycles.